The van der Waals surface area contributed by atoms with Gasteiger partial charge in [0.1, 0.15) is 0 Å². The Labute approximate surface area is 99.3 Å². The lowest BCUT2D eigenvalue weighted by atomic mass is 10.1. The van der Waals surface area contributed by atoms with E-state index in [4.69, 9.17) is 0 Å². The zero-order chi connectivity index (χ0) is 12.8. The van der Waals surface area contributed by atoms with E-state index in [0.29, 0.717) is 5.57 Å². The number of likely N-dealkylation sites (tertiary alicyclic amines) is 1. The quantitative estimate of drug-likeness (QED) is 0.422. The molecule has 0 bridgehead atoms. The van der Waals surface area contributed by atoms with Gasteiger partial charge in [0.05, 0.1) is 43.1 Å². The van der Waals surface area contributed by atoms with Crippen molar-refractivity contribution in [3.63, 3.8) is 0 Å². The lowest BCUT2D eigenvalue weighted by molar-refractivity contribution is -0.894. The smallest absolute Gasteiger partial charge is 0.0984 e. The van der Waals surface area contributed by atoms with E-state index in [0.717, 1.165) is 0 Å². The van der Waals surface area contributed by atoms with Gasteiger partial charge in [-0.05, 0) is 26.2 Å². The van der Waals surface area contributed by atoms with Crippen LogP contribution in [0.1, 0.15) is 26.2 Å². The van der Waals surface area contributed by atoms with Crippen molar-refractivity contribution in [3.05, 3.63) is 12.2 Å². The van der Waals surface area contributed by atoms with E-state index in [1.807, 2.05) is 0 Å². The minimum Gasteiger partial charge on any atom is -0.748 e. The average molecular weight is 249 g/mol. The Morgan fingerprint density at radius 3 is 1.81 bits per heavy atom. The van der Waals surface area contributed by atoms with Crippen LogP contribution in [0.15, 0.2) is 12.2 Å². The second-order valence-corrected chi connectivity index (χ2v) is 6.51. The SMILES string of the molecule is C=C(C)CS(=O)(=O)[O-].C[N+]1(C)CCCCC1. The summed E-state index contributed by atoms with van der Waals surface area (Å²) >= 11 is 0. The predicted octanol–water partition coefficient (Wildman–Crippen LogP) is 1.35. The van der Waals surface area contributed by atoms with Gasteiger partial charge in [-0.3, -0.25) is 0 Å². The van der Waals surface area contributed by atoms with Crippen LogP contribution < -0.4 is 0 Å². The Morgan fingerprint density at radius 2 is 1.69 bits per heavy atom. The largest absolute Gasteiger partial charge is 0.748 e. The molecule has 0 aliphatic carbocycles. The molecule has 1 aliphatic heterocycles. The molecule has 0 saturated carbocycles. The third-order valence-electron chi connectivity index (χ3n) is 2.45. The van der Waals surface area contributed by atoms with E-state index in [2.05, 4.69) is 20.7 Å². The van der Waals surface area contributed by atoms with Gasteiger partial charge in [-0.1, -0.05) is 12.2 Å². The Kier molecular flexibility index (Phi) is 6.22. The fraction of sp³-hybridized carbons (Fsp3) is 0.818. The zero-order valence-corrected chi connectivity index (χ0v) is 11.3. The van der Waals surface area contributed by atoms with Gasteiger partial charge in [0.25, 0.3) is 0 Å². The van der Waals surface area contributed by atoms with Crippen LogP contribution in [0.5, 0.6) is 0 Å². The van der Waals surface area contributed by atoms with Gasteiger partial charge in [-0.2, -0.15) is 0 Å². The Morgan fingerprint density at radius 1 is 1.25 bits per heavy atom. The molecule has 0 aromatic rings. The van der Waals surface area contributed by atoms with Crippen LogP contribution in [0, 0.1) is 0 Å². The summed E-state index contributed by atoms with van der Waals surface area (Å²) in [6, 6.07) is 0. The highest BCUT2D eigenvalue weighted by Gasteiger charge is 2.17. The maximum Gasteiger partial charge on any atom is 0.0984 e. The lowest BCUT2D eigenvalue weighted by Gasteiger charge is -2.33. The van der Waals surface area contributed by atoms with Gasteiger partial charge in [-0.25, -0.2) is 8.42 Å². The summed E-state index contributed by atoms with van der Waals surface area (Å²) in [5.74, 6) is -0.451. The summed E-state index contributed by atoms with van der Waals surface area (Å²) in [6.45, 7) is 7.53. The van der Waals surface area contributed by atoms with Crippen molar-refractivity contribution in [1.29, 1.82) is 0 Å². The molecule has 0 spiro atoms. The molecular formula is C11H23NO3S. The molecule has 0 N–H and O–H groups in total. The topological polar surface area (TPSA) is 57.2 Å². The average Bonchev–Trinajstić information content (AvgIpc) is 1.99. The summed E-state index contributed by atoms with van der Waals surface area (Å²) in [4.78, 5) is 0. The fourth-order valence-electron chi connectivity index (χ4n) is 1.67. The third kappa shape index (κ3) is 10.1. The Hall–Kier alpha value is -0.390. The van der Waals surface area contributed by atoms with E-state index in [9.17, 15) is 13.0 Å². The predicted molar refractivity (Wildman–Crippen MR) is 65.1 cm³/mol. The van der Waals surface area contributed by atoms with Crippen molar-refractivity contribution in [2.75, 3.05) is 32.9 Å². The number of piperidine rings is 1. The molecule has 96 valence electrons. The van der Waals surface area contributed by atoms with Crippen molar-refractivity contribution in [1.82, 2.24) is 0 Å². The molecule has 1 saturated heterocycles. The first-order chi connectivity index (χ1) is 7.12. The molecule has 1 aliphatic rings. The third-order valence-corrected chi connectivity index (χ3v) is 3.30. The van der Waals surface area contributed by atoms with Crippen molar-refractivity contribution in [2.45, 2.75) is 26.2 Å². The summed E-state index contributed by atoms with van der Waals surface area (Å²) in [6.07, 6.45) is 4.34. The van der Waals surface area contributed by atoms with E-state index < -0.39 is 15.9 Å². The highest BCUT2D eigenvalue weighted by molar-refractivity contribution is 7.85. The fourth-order valence-corrected chi connectivity index (χ4v) is 2.27. The summed E-state index contributed by atoms with van der Waals surface area (Å²) in [7, 11) is 0.564. The monoisotopic (exact) mass is 249 g/mol. The molecule has 0 aromatic heterocycles. The molecule has 0 amide bonds. The van der Waals surface area contributed by atoms with Gasteiger partial charge in [0, 0.05) is 0 Å². The van der Waals surface area contributed by atoms with Gasteiger partial charge in [0.2, 0.25) is 0 Å². The molecule has 5 heteroatoms. The number of hydrogen-bond donors (Lipinski definition) is 0. The number of hydrogen-bond acceptors (Lipinski definition) is 3. The maximum atomic E-state index is 9.83. The summed E-state index contributed by atoms with van der Waals surface area (Å²) < 4.78 is 30.7. The molecule has 0 radical (unpaired) electrons. The molecule has 16 heavy (non-hydrogen) atoms. The van der Waals surface area contributed by atoms with E-state index in [-0.39, 0.29) is 0 Å². The number of quaternary nitrogens is 1. The summed E-state index contributed by atoms with van der Waals surface area (Å²) in [5.41, 5.74) is 0.375. The lowest BCUT2D eigenvalue weighted by Crippen LogP contribution is -2.43. The van der Waals surface area contributed by atoms with Crippen LogP contribution in [0.25, 0.3) is 0 Å². The Bertz CT molecular complexity index is 312. The molecule has 1 fully saturated rings. The van der Waals surface area contributed by atoms with Gasteiger partial charge < -0.3 is 9.04 Å². The van der Waals surface area contributed by atoms with Gasteiger partial charge in [-0.15, -0.1) is 0 Å². The van der Waals surface area contributed by atoms with Crippen molar-refractivity contribution in [3.8, 4) is 0 Å². The molecule has 0 unspecified atom stereocenters. The van der Waals surface area contributed by atoms with Crippen LogP contribution in [0.3, 0.4) is 0 Å². The number of nitrogens with zero attached hydrogens (tertiary/aromatic N) is 1. The van der Waals surface area contributed by atoms with Gasteiger partial charge >= 0.3 is 0 Å². The van der Waals surface area contributed by atoms with Crippen molar-refractivity contribution < 1.29 is 17.5 Å². The summed E-state index contributed by atoms with van der Waals surface area (Å²) in [5, 5.41) is 0. The highest BCUT2D eigenvalue weighted by Crippen LogP contribution is 2.12. The number of rotatable bonds is 2. The van der Waals surface area contributed by atoms with E-state index >= 15 is 0 Å². The normalized spacial score (nSPS) is 19.5. The minimum atomic E-state index is -4.07. The van der Waals surface area contributed by atoms with Crippen molar-refractivity contribution in [2.24, 2.45) is 0 Å². The molecule has 0 aromatic carbocycles. The maximum absolute atomic E-state index is 9.83. The van der Waals surface area contributed by atoms with E-state index in [1.165, 1.54) is 43.8 Å². The Balaban J connectivity index is 0.000000281. The van der Waals surface area contributed by atoms with Gasteiger partial charge in [0.15, 0.2) is 0 Å². The highest BCUT2D eigenvalue weighted by atomic mass is 32.2. The van der Waals surface area contributed by atoms with Crippen LogP contribution in [-0.2, 0) is 10.1 Å². The molecule has 0 atom stereocenters. The van der Waals surface area contributed by atoms with Crippen molar-refractivity contribution >= 4 is 10.1 Å². The first-order valence-corrected chi connectivity index (χ1v) is 7.10. The van der Waals surface area contributed by atoms with Crippen LogP contribution in [-0.4, -0.2) is 50.4 Å². The van der Waals surface area contributed by atoms with Crippen LogP contribution in [0.2, 0.25) is 0 Å². The second kappa shape index (κ2) is 6.37. The molecular weight excluding hydrogens is 226 g/mol. The minimum absolute atomic E-state index is 0.375. The van der Waals surface area contributed by atoms with Crippen LogP contribution in [0.4, 0.5) is 0 Å². The first-order valence-electron chi connectivity index (χ1n) is 5.52. The molecule has 1 heterocycles. The standard InChI is InChI=1S/C7H16N.C4H8O3S/c1-8(2)6-4-3-5-7-8;1-4(2)3-8(5,6)7/h3-7H2,1-2H3;1,3H2,2H3,(H,5,6,7)/q+1;/p-1. The molecule has 4 nitrogen and oxygen atoms in total. The molecule has 1 rings (SSSR count). The second-order valence-electron chi connectivity index (χ2n) is 5.10. The first kappa shape index (κ1) is 15.6. The van der Waals surface area contributed by atoms with Crippen LogP contribution >= 0.6 is 0 Å². The zero-order valence-electron chi connectivity index (χ0n) is 10.5. The van der Waals surface area contributed by atoms with E-state index in [1.54, 1.807) is 0 Å².